The van der Waals surface area contributed by atoms with E-state index < -0.39 is 12.1 Å². The standard InChI is InChI=1S/C19H19ClN2O3/c1-12(25-19(24)15-9-5-11-21-17(15)20)18(23)22-16-10-4-7-13-6-2-3-8-14(13)16/h2-3,5-6,8-9,11-12,16H,4,7,10H2,1H3,(H,22,23)/t12-,16-/m1/s1. The highest BCUT2D eigenvalue weighted by Crippen LogP contribution is 2.29. The highest BCUT2D eigenvalue weighted by atomic mass is 35.5. The van der Waals surface area contributed by atoms with Gasteiger partial charge in [0.1, 0.15) is 5.15 Å². The Balaban J connectivity index is 1.64. The van der Waals surface area contributed by atoms with E-state index in [0.717, 1.165) is 24.8 Å². The predicted molar refractivity (Wildman–Crippen MR) is 94.4 cm³/mol. The molecule has 0 saturated carbocycles. The fraction of sp³-hybridized carbons (Fsp3) is 0.316. The molecule has 0 unspecified atom stereocenters. The fourth-order valence-electron chi connectivity index (χ4n) is 3.01. The van der Waals surface area contributed by atoms with Gasteiger partial charge in [-0.15, -0.1) is 0 Å². The first kappa shape index (κ1) is 17.4. The number of fused-ring (bicyclic) bond motifs is 1. The van der Waals surface area contributed by atoms with Crippen LogP contribution in [0.25, 0.3) is 0 Å². The molecule has 6 heteroatoms. The van der Waals surface area contributed by atoms with Gasteiger partial charge in [0, 0.05) is 6.20 Å². The highest BCUT2D eigenvalue weighted by Gasteiger charge is 2.26. The maximum atomic E-state index is 12.4. The Labute approximate surface area is 151 Å². The lowest BCUT2D eigenvalue weighted by atomic mass is 9.87. The second-order valence-electron chi connectivity index (χ2n) is 6.04. The Hall–Kier alpha value is -2.40. The summed E-state index contributed by atoms with van der Waals surface area (Å²) in [5.41, 5.74) is 2.54. The number of pyridine rings is 1. The molecule has 1 aromatic heterocycles. The summed E-state index contributed by atoms with van der Waals surface area (Å²) in [6, 6.07) is 11.1. The minimum absolute atomic E-state index is 0.0550. The van der Waals surface area contributed by atoms with Crippen LogP contribution in [0.1, 0.15) is 47.3 Å². The average Bonchev–Trinajstić information content (AvgIpc) is 2.62. The Kier molecular flexibility index (Phi) is 5.34. The average molecular weight is 359 g/mol. The number of halogens is 1. The molecule has 3 rings (SSSR count). The zero-order chi connectivity index (χ0) is 17.8. The molecule has 2 atom stereocenters. The molecule has 1 aliphatic carbocycles. The lowest BCUT2D eigenvalue weighted by molar-refractivity contribution is -0.130. The summed E-state index contributed by atoms with van der Waals surface area (Å²) in [5.74, 6) is -0.986. The Morgan fingerprint density at radius 1 is 1.28 bits per heavy atom. The fourth-order valence-corrected chi connectivity index (χ4v) is 3.21. The maximum absolute atomic E-state index is 12.4. The molecule has 25 heavy (non-hydrogen) atoms. The van der Waals surface area contributed by atoms with Gasteiger partial charge in [-0.25, -0.2) is 9.78 Å². The quantitative estimate of drug-likeness (QED) is 0.671. The van der Waals surface area contributed by atoms with Gasteiger partial charge in [-0.05, 0) is 49.4 Å². The molecule has 1 amide bonds. The van der Waals surface area contributed by atoms with Gasteiger partial charge in [-0.2, -0.15) is 0 Å². The number of carbonyl (C=O) groups is 2. The Morgan fingerprint density at radius 2 is 2.08 bits per heavy atom. The number of hydrogen-bond acceptors (Lipinski definition) is 4. The lowest BCUT2D eigenvalue weighted by Crippen LogP contribution is -2.39. The monoisotopic (exact) mass is 358 g/mol. The SMILES string of the molecule is C[C@@H](OC(=O)c1cccnc1Cl)C(=O)N[C@@H]1CCCc2ccccc21. The van der Waals surface area contributed by atoms with Crippen molar-refractivity contribution in [2.24, 2.45) is 0 Å². The number of hydrogen-bond donors (Lipinski definition) is 1. The molecular weight excluding hydrogens is 340 g/mol. The minimum Gasteiger partial charge on any atom is -0.449 e. The number of aryl methyl sites for hydroxylation is 1. The number of nitrogens with zero attached hydrogens (tertiary/aromatic N) is 1. The second kappa shape index (κ2) is 7.66. The topological polar surface area (TPSA) is 68.3 Å². The summed E-state index contributed by atoms with van der Waals surface area (Å²) in [7, 11) is 0. The van der Waals surface area contributed by atoms with Crippen molar-refractivity contribution in [3.05, 3.63) is 64.4 Å². The van der Waals surface area contributed by atoms with Gasteiger partial charge >= 0.3 is 5.97 Å². The normalized spacial score (nSPS) is 17.3. The van der Waals surface area contributed by atoms with E-state index in [1.807, 2.05) is 18.2 Å². The van der Waals surface area contributed by atoms with Crippen LogP contribution in [-0.4, -0.2) is 23.0 Å². The van der Waals surface area contributed by atoms with E-state index in [9.17, 15) is 9.59 Å². The maximum Gasteiger partial charge on any atom is 0.342 e. The van der Waals surface area contributed by atoms with Crippen molar-refractivity contribution in [1.29, 1.82) is 0 Å². The van der Waals surface area contributed by atoms with E-state index >= 15 is 0 Å². The molecule has 0 saturated heterocycles. The van der Waals surface area contributed by atoms with Crippen molar-refractivity contribution in [3.63, 3.8) is 0 Å². The minimum atomic E-state index is -0.919. The van der Waals surface area contributed by atoms with E-state index in [2.05, 4.69) is 16.4 Å². The van der Waals surface area contributed by atoms with Crippen LogP contribution in [-0.2, 0) is 16.0 Å². The molecular formula is C19H19ClN2O3. The summed E-state index contributed by atoms with van der Waals surface area (Å²) < 4.78 is 5.23. The van der Waals surface area contributed by atoms with Crippen LogP contribution in [0.2, 0.25) is 5.15 Å². The number of carbonyl (C=O) groups excluding carboxylic acids is 2. The third kappa shape index (κ3) is 3.99. The molecule has 1 aromatic carbocycles. The third-order valence-electron chi connectivity index (χ3n) is 4.32. The highest BCUT2D eigenvalue weighted by molar-refractivity contribution is 6.32. The summed E-state index contributed by atoms with van der Waals surface area (Å²) in [4.78, 5) is 28.4. The van der Waals surface area contributed by atoms with E-state index in [1.165, 1.54) is 17.8 Å². The van der Waals surface area contributed by atoms with Crippen LogP contribution in [0.3, 0.4) is 0 Å². The molecule has 0 radical (unpaired) electrons. The van der Waals surface area contributed by atoms with E-state index in [4.69, 9.17) is 16.3 Å². The first-order chi connectivity index (χ1) is 12.1. The summed E-state index contributed by atoms with van der Waals surface area (Å²) in [6.07, 6.45) is 3.47. The van der Waals surface area contributed by atoms with Gasteiger partial charge in [0.05, 0.1) is 11.6 Å². The van der Waals surface area contributed by atoms with Crippen molar-refractivity contribution in [2.75, 3.05) is 0 Å². The lowest BCUT2D eigenvalue weighted by Gasteiger charge is -2.27. The molecule has 0 bridgehead atoms. The number of rotatable bonds is 4. The van der Waals surface area contributed by atoms with Gasteiger partial charge in [-0.1, -0.05) is 35.9 Å². The van der Waals surface area contributed by atoms with Crippen LogP contribution in [0.15, 0.2) is 42.6 Å². The summed E-state index contributed by atoms with van der Waals surface area (Å²) in [6.45, 7) is 1.55. The van der Waals surface area contributed by atoms with Crippen molar-refractivity contribution in [1.82, 2.24) is 10.3 Å². The molecule has 0 fully saturated rings. The summed E-state index contributed by atoms with van der Waals surface area (Å²) in [5, 5.41) is 3.04. The van der Waals surface area contributed by atoms with E-state index in [0.29, 0.717) is 0 Å². The van der Waals surface area contributed by atoms with Crippen molar-refractivity contribution in [3.8, 4) is 0 Å². The molecule has 1 aliphatic rings. The van der Waals surface area contributed by atoms with Gasteiger partial charge in [0.2, 0.25) is 0 Å². The number of aromatic nitrogens is 1. The van der Waals surface area contributed by atoms with Crippen LogP contribution in [0.4, 0.5) is 0 Å². The van der Waals surface area contributed by atoms with Gasteiger partial charge < -0.3 is 10.1 Å². The van der Waals surface area contributed by atoms with Crippen LogP contribution in [0.5, 0.6) is 0 Å². The summed E-state index contributed by atoms with van der Waals surface area (Å²) >= 11 is 5.88. The van der Waals surface area contributed by atoms with Gasteiger partial charge in [-0.3, -0.25) is 4.79 Å². The number of nitrogens with one attached hydrogen (secondary N) is 1. The third-order valence-corrected chi connectivity index (χ3v) is 4.62. The molecule has 0 spiro atoms. The van der Waals surface area contributed by atoms with Crippen molar-refractivity contribution >= 4 is 23.5 Å². The van der Waals surface area contributed by atoms with E-state index in [1.54, 1.807) is 13.0 Å². The van der Waals surface area contributed by atoms with Gasteiger partial charge in [0.25, 0.3) is 5.91 Å². The molecule has 5 nitrogen and oxygen atoms in total. The molecule has 130 valence electrons. The zero-order valence-corrected chi connectivity index (χ0v) is 14.6. The van der Waals surface area contributed by atoms with Crippen LogP contribution in [0, 0.1) is 0 Å². The van der Waals surface area contributed by atoms with Crippen LogP contribution >= 0.6 is 11.6 Å². The van der Waals surface area contributed by atoms with Crippen LogP contribution < -0.4 is 5.32 Å². The Morgan fingerprint density at radius 3 is 2.88 bits per heavy atom. The van der Waals surface area contributed by atoms with Crippen molar-refractivity contribution < 1.29 is 14.3 Å². The first-order valence-electron chi connectivity index (χ1n) is 8.26. The predicted octanol–water partition coefficient (Wildman–Crippen LogP) is 3.47. The number of amides is 1. The zero-order valence-electron chi connectivity index (χ0n) is 13.9. The largest absolute Gasteiger partial charge is 0.449 e. The molecule has 0 aliphatic heterocycles. The Bertz CT molecular complexity index is 794. The molecule has 2 aromatic rings. The van der Waals surface area contributed by atoms with E-state index in [-0.39, 0.29) is 22.7 Å². The second-order valence-corrected chi connectivity index (χ2v) is 6.40. The number of benzene rings is 1. The molecule has 1 N–H and O–H groups in total. The smallest absolute Gasteiger partial charge is 0.342 e. The van der Waals surface area contributed by atoms with Crippen molar-refractivity contribution in [2.45, 2.75) is 38.3 Å². The van der Waals surface area contributed by atoms with Gasteiger partial charge in [0.15, 0.2) is 6.10 Å². The number of ether oxygens (including phenoxy) is 1. The first-order valence-corrected chi connectivity index (χ1v) is 8.63. The number of esters is 1. The molecule has 1 heterocycles.